The third kappa shape index (κ3) is 2.59. The van der Waals surface area contributed by atoms with Gasteiger partial charge >= 0.3 is 0 Å². The number of hydrogen-bond acceptors (Lipinski definition) is 2. The Morgan fingerprint density at radius 1 is 0.739 bits per heavy atom. The standard InChI is InChI=1S/C21H16N2/c1-15-9-11-16(12-10-15)21-18-7-3-2-6-17(18)14-20(23-21)19-8-4-5-13-22-19/h2-14H,1H3. The summed E-state index contributed by atoms with van der Waals surface area (Å²) in [5, 5.41) is 2.34. The summed E-state index contributed by atoms with van der Waals surface area (Å²) in [6, 6.07) is 24.9. The fourth-order valence-electron chi connectivity index (χ4n) is 2.78. The summed E-state index contributed by atoms with van der Waals surface area (Å²) in [4.78, 5) is 9.35. The highest BCUT2D eigenvalue weighted by Crippen LogP contribution is 2.30. The highest BCUT2D eigenvalue weighted by molar-refractivity contribution is 5.96. The quantitative estimate of drug-likeness (QED) is 0.503. The lowest BCUT2D eigenvalue weighted by atomic mass is 10.0. The molecule has 0 saturated heterocycles. The van der Waals surface area contributed by atoms with E-state index in [1.54, 1.807) is 6.20 Å². The molecule has 0 atom stereocenters. The molecule has 0 spiro atoms. The van der Waals surface area contributed by atoms with Gasteiger partial charge in [-0.3, -0.25) is 4.98 Å². The molecular formula is C21H16N2. The monoisotopic (exact) mass is 296 g/mol. The first-order chi connectivity index (χ1) is 11.3. The summed E-state index contributed by atoms with van der Waals surface area (Å²) in [5.74, 6) is 0. The third-order valence-electron chi connectivity index (χ3n) is 3.99. The number of pyridine rings is 2. The average Bonchev–Trinajstić information content (AvgIpc) is 2.62. The lowest BCUT2D eigenvalue weighted by Gasteiger charge is -2.10. The first kappa shape index (κ1) is 13.6. The molecule has 0 unspecified atom stereocenters. The molecule has 2 heterocycles. The highest BCUT2D eigenvalue weighted by Gasteiger charge is 2.10. The van der Waals surface area contributed by atoms with Gasteiger partial charge in [-0.2, -0.15) is 0 Å². The van der Waals surface area contributed by atoms with Crippen LogP contribution in [0.25, 0.3) is 33.4 Å². The molecule has 0 saturated carbocycles. The highest BCUT2D eigenvalue weighted by atomic mass is 14.8. The minimum absolute atomic E-state index is 0.895. The van der Waals surface area contributed by atoms with Crippen molar-refractivity contribution in [1.82, 2.24) is 9.97 Å². The molecule has 2 aromatic heterocycles. The van der Waals surface area contributed by atoms with Crippen LogP contribution in [0.15, 0.2) is 79.0 Å². The second kappa shape index (κ2) is 5.65. The molecule has 0 N–H and O–H groups in total. The van der Waals surface area contributed by atoms with Crippen molar-refractivity contribution in [3.05, 3.63) is 84.6 Å². The lowest BCUT2D eigenvalue weighted by Crippen LogP contribution is -1.92. The maximum Gasteiger partial charge on any atom is 0.0900 e. The zero-order valence-corrected chi connectivity index (χ0v) is 12.9. The SMILES string of the molecule is Cc1ccc(-c2nc(-c3ccccn3)cc3ccccc23)cc1. The van der Waals surface area contributed by atoms with Gasteiger partial charge in [0.05, 0.1) is 17.1 Å². The van der Waals surface area contributed by atoms with E-state index in [1.165, 1.54) is 10.9 Å². The molecule has 4 aromatic rings. The normalized spacial score (nSPS) is 10.8. The Balaban J connectivity index is 2.00. The predicted octanol–water partition coefficient (Wildman–Crippen LogP) is 5.27. The zero-order valence-electron chi connectivity index (χ0n) is 12.9. The molecular weight excluding hydrogens is 280 g/mol. The van der Waals surface area contributed by atoms with Gasteiger partial charge in [0.2, 0.25) is 0 Å². The van der Waals surface area contributed by atoms with Crippen molar-refractivity contribution in [3.8, 4) is 22.6 Å². The van der Waals surface area contributed by atoms with Crippen molar-refractivity contribution < 1.29 is 0 Å². The van der Waals surface area contributed by atoms with E-state index in [4.69, 9.17) is 4.98 Å². The molecule has 0 aliphatic rings. The summed E-state index contributed by atoms with van der Waals surface area (Å²) in [6.07, 6.45) is 1.80. The Kier molecular flexibility index (Phi) is 3.35. The van der Waals surface area contributed by atoms with E-state index in [0.717, 1.165) is 28.0 Å². The average molecular weight is 296 g/mol. The summed E-state index contributed by atoms with van der Waals surface area (Å²) in [6.45, 7) is 2.10. The van der Waals surface area contributed by atoms with Crippen LogP contribution in [-0.2, 0) is 0 Å². The van der Waals surface area contributed by atoms with Crippen molar-refractivity contribution in [1.29, 1.82) is 0 Å². The van der Waals surface area contributed by atoms with E-state index in [-0.39, 0.29) is 0 Å². The van der Waals surface area contributed by atoms with Crippen LogP contribution in [0, 0.1) is 6.92 Å². The summed E-state index contributed by atoms with van der Waals surface area (Å²) in [7, 11) is 0. The number of fused-ring (bicyclic) bond motifs is 1. The van der Waals surface area contributed by atoms with Gasteiger partial charge in [-0.25, -0.2) is 4.98 Å². The van der Waals surface area contributed by atoms with Crippen molar-refractivity contribution in [2.45, 2.75) is 6.92 Å². The Morgan fingerprint density at radius 3 is 2.30 bits per heavy atom. The van der Waals surface area contributed by atoms with Gasteiger partial charge in [0.25, 0.3) is 0 Å². The number of nitrogens with zero attached hydrogens (tertiary/aromatic N) is 2. The molecule has 0 amide bonds. The number of rotatable bonds is 2. The fraction of sp³-hybridized carbons (Fsp3) is 0.0476. The Bertz CT molecular complexity index is 958. The summed E-state index contributed by atoms with van der Waals surface area (Å²) < 4.78 is 0. The number of hydrogen-bond donors (Lipinski definition) is 0. The van der Waals surface area contributed by atoms with Crippen molar-refractivity contribution in [2.75, 3.05) is 0 Å². The number of aryl methyl sites for hydroxylation is 1. The largest absolute Gasteiger partial charge is 0.255 e. The van der Waals surface area contributed by atoms with Crippen LogP contribution in [0.1, 0.15) is 5.56 Å². The minimum Gasteiger partial charge on any atom is -0.255 e. The van der Waals surface area contributed by atoms with E-state index >= 15 is 0 Å². The van der Waals surface area contributed by atoms with E-state index in [1.807, 2.05) is 18.2 Å². The van der Waals surface area contributed by atoms with Gasteiger partial charge in [0, 0.05) is 17.1 Å². The number of aromatic nitrogens is 2. The molecule has 0 aliphatic heterocycles. The minimum atomic E-state index is 0.895. The van der Waals surface area contributed by atoms with E-state index in [2.05, 4.69) is 66.5 Å². The molecule has 2 nitrogen and oxygen atoms in total. The second-order valence-electron chi connectivity index (χ2n) is 5.66. The van der Waals surface area contributed by atoms with Crippen LogP contribution >= 0.6 is 0 Å². The maximum absolute atomic E-state index is 4.91. The molecule has 110 valence electrons. The first-order valence-corrected chi connectivity index (χ1v) is 7.69. The fourth-order valence-corrected chi connectivity index (χ4v) is 2.78. The summed E-state index contributed by atoms with van der Waals surface area (Å²) >= 11 is 0. The van der Waals surface area contributed by atoms with Crippen LogP contribution in [-0.4, -0.2) is 9.97 Å². The van der Waals surface area contributed by atoms with E-state index in [9.17, 15) is 0 Å². The lowest BCUT2D eigenvalue weighted by molar-refractivity contribution is 1.26. The van der Waals surface area contributed by atoms with E-state index < -0.39 is 0 Å². The van der Waals surface area contributed by atoms with Gasteiger partial charge in [-0.15, -0.1) is 0 Å². The smallest absolute Gasteiger partial charge is 0.0900 e. The topological polar surface area (TPSA) is 25.8 Å². The first-order valence-electron chi connectivity index (χ1n) is 7.69. The molecule has 23 heavy (non-hydrogen) atoms. The predicted molar refractivity (Wildman–Crippen MR) is 95.1 cm³/mol. The molecule has 0 radical (unpaired) electrons. The molecule has 2 heteroatoms. The van der Waals surface area contributed by atoms with Crippen LogP contribution in [0.2, 0.25) is 0 Å². The Hall–Kier alpha value is -3.00. The van der Waals surface area contributed by atoms with Gasteiger partial charge in [0.15, 0.2) is 0 Å². The molecule has 0 bridgehead atoms. The molecule has 0 fully saturated rings. The third-order valence-corrected chi connectivity index (χ3v) is 3.99. The molecule has 4 rings (SSSR count). The maximum atomic E-state index is 4.91. The van der Waals surface area contributed by atoms with Gasteiger partial charge in [0.1, 0.15) is 0 Å². The molecule has 2 aromatic carbocycles. The van der Waals surface area contributed by atoms with Crippen LogP contribution < -0.4 is 0 Å². The summed E-state index contributed by atoms with van der Waals surface area (Å²) in [5.41, 5.74) is 5.18. The van der Waals surface area contributed by atoms with Crippen molar-refractivity contribution >= 4 is 10.8 Å². The molecule has 0 aliphatic carbocycles. The van der Waals surface area contributed by atoms with Gasteiger partial charge in [-0.1, -0.05) is 60.2 Å². The second-order valence-corrected chi connectivity index (χ2v) is 5.66. The Labute approximate surface area is 135 Å². The van der Waals surface area contributed by atoms with E-state index in [0.29, 0.717) is 0 Å². The zero-order chi connectivity index (χ0) is 15.6. The Morgan fingerprint density at radius 2 is 1.52 bits per heavy atom. The van der Waals surface area contributed by atoms with Crippen LogP contribution in [0.4, 0.5) is 0 Å². The van der Waals surface area contributed by atoms with Crippen molar-refractivity contribution in [2.24, 2.45) is 0 Å². The van der Waals surface area contributed by atoms with Gasteiger partial charge in [-0.05, 0) is 30.5 Å². The van der Waals surface area contributed by atoms with Crippen LogP contribution in [0.3, 0.4) is 0 Å². The van der Waals surface area contributed by atoms with Crippen LogP contribution in [0.5, 0.6) is 0 Å². The number of benzene rings is 2. The van der Waals surface area contributed by atoms with Crippen molar-refractivity contribution in [3.63, 3.8) is 0 Å². The van der Waals surface area contributed by atoms with Gasteiger partial charge < -0.3 is 0 Å².